The average molecular weight is 473 g/mol. The van der Waals surface area contributed by atoms with E-state index >= 15 is 0 Å². The SMILES string of the molecule is COc1ccccc1N1CCN(C(=O)c2cc(-c3cccs3)nn2-c2cc(C)ccc2C)CC1. The minimum atomic E-state index is 0.0101. The van der Waals surface area contributed by atoms with Crippen molar-refractivity contribution in [1.82, 2.24) is 14.7 Å². The van der Waals surface area contributed by atoms with Gasteiger partial charge in [0.25, 0.3) is 5.91 Å². The highest BCUT2D eigenvalue weighted by molar-refractivity contribution is 7.13. The number of para-hydroxylation sites is 2. The van der Waals surface area contributed by atoms with Gasteiger partial charge >= 0.3 is 0 Å². The third-order valence-electron chi connectivity index (χ3n) is 6.29. The molecule has 34 heavy (non-hydrogen) atoms. The molecule has 1 saturated heterocycles. The average Bonchev–Trinajstić information content (AvgIpc) is 3.55. The Morgan fingerprint density at radius 2 is 1.74 bits per heavy atom. The first-order chi connectivity index (χ1) is 16.5. The van der Waals surface area contributed by atoms with Gasteiger partial charge in [0.05, 0.1) is 23.4 Å². The van der Waals surface area contributed by atoms with Crippen LogP contribution in [0.4, 0.5) is 5.69 Å². The van der Waals surface area contributed by atoms with Crippen LogP contribution in [-0.2, 0) is 0 Å². The molecule has 0 saturated carbocycles. The van der Waals surface area contributed by atoms with E-state index in [1.54, 1.807) is 18.4 Å². The van der Waals surface area contributed by atoms with Crippen molar-refractivity contribution in [3.63, 3.8) is 0 Å². The molecule has 1 aliphatic rings. The van der Waals surface area contributed by atoms with Gasteiger partial charge in [0, 0.05) is 26.2 Å². The number of carbonyl (C=O) groups is 1. The van der Waals surface area contributed by atoms with Crippen LogP contribution in [0.5, 0.6) is 5.75 Å². The van der Waals surface area contributed by atoms with Gasteiger partial charge in [0.1, 0.15) is 17.1 Å². The summed E-state index contributed by atoms with van der Waals surface area (Å²) in [5.74, 6) is 0.867. The summed E-state index contributed by atoms with van der Waals surface area (Å²) in [7, 11) is 1.69. The maximum atomic E-state index is 13.8. The van der Waals surface area contributed by atoms with Crippen molar-refractivity contribution in [3.8, 4) is 22.0 Å². The van der Waals surface area contributed by atoms with Crippen LogP contribution in [0.2, 0.25) is 0 Å². The van der Waals surface area contributed by atoms with Crippen LogP contribution in [0.3, 0.4) is 0 Å². The van der Waals surface area contributed by atoms with Crippen LogP contribution in [0, 0.1) is 13.8 Å². The fourth-order valence-electron chi connectivity index (χ4n) is 4.41. The van der Waals surface area contributed by atoms with Crippen molar-refractivity contribution >= 4 is 22.9 Å². The molecule has 6 nitrogen and oxygen atoms in total. The zero-order valence-corrected chi connectivity index (χ0v) is 20.5. The van der Waals surface area contributed by atoms with Crippen LogP contribution in [0.25, 0.3) is 16.3 Å². The molecule has 0 aliphatic carbocycles. The van der Waals surface area contributed by atoms with Gasteiger partial charge in [-0.3, -0.25) is 4.79 Å². The van der Waals surface area contributed by atoms with Crippen molar-refractivity contribution in [2.45, 2.75) is 13.8 Å². The zero-order valence-electron chi connectivity index (χ0n) is 19.7. The van der Waals surface area contributed by atoms with Crippen LogP contribution in [0.1, 0.15) is 21.6 Å². The molecule has 7 heteroatoms. The van der Waals surface area contributed by atoms with Gasteiger partial charge in [0.2, 0.25) is 0 Å². The summed E-state index contributed by atoms with van der Waals surface area (Å²) in [4.78, 5) is 19.0. The molecule has 0 bridgehead atoms. The van der Waals surface area contributed by atoms with Crippen LogP contribution < -0.4 is 9.64 Å². The lowest BCUT2D eigenvalue weighted by Crippen LogP contribution is -2.49. The molecule has 1 fully saturated rings. The highest BCUT2D eigenvalue weighted by Gasteiger charge is 2.27. The summed E-state index contributed by atoms with van der Waals surface area (Å²) in [6.45, 7) is 6.90. The van der Waals surface area contributed by atoms with E-state index < -0.39 is 0 Å². The van der Waals surface area contributed by atoms with Gasteiger partial charge in [-0.2, -0.15) is 5.10 Å². The molecule has 2 aromatic carbocycles. The fraction of sp³-hybridized carbons (Fsp3) is 0.259. The number of hydrogen-bond acceptors (Lipinski definition) is 5. The number of rotatable bonds is 5. The number of piperazine rings is 1. The monoisotopic (exact) mass is 472 g/mol. The Balaban J connectivity index is 1.44. The second kappa shape index (κ2) is 9.35. The maximum Gasteiger partial charge on any atom is 0.272 e. The van der Waals surface area contributed by atoms with E-state index in [9.17, 15) is 4.79 Å². The summed E-state index contributed by atoms with van der Waals surface area (Å²) < 4.78 is 7.36. The van der Waals surface area contributed by atoms with Gasteiger partial charge < -0.3 is 14.5 Å². The Labute approximate surface area is 204 Å². The number of benzene rings is 2. The molecule has 0 atom stereocenters. The van der Waals surface area contributed by atoms with E-state index in [1.165, 1.54) is 0 Å². The first kappa shape index (κ1) is 22.2. The molecular weight excluding hydrogens is 444 g/mol. The Hall–Kier alpha value is -3.58. The smallest absolute Gasteiger partial charge is 0.272 e. The topological polar surface area (TPSA) is 50.6 Å². The predicted molar refractivity (Wildman–Crippen MR) is 137 cm³/mol. The van der Waals surface area contributed by atoms with Gasteiger partial charge in [-0.1, -0.05) is 30.3 Å². The van der Waals surface area contributed by atoms with E-state index in [-0.39, 0.29) is 5.91 Å². The standard InChI is InChI=1S/C27H28N4O2S/c1-19-10-11-20(2)23(17-19)31-24(18-21(28-31)26-9-6-16-34-26)27(32)30-14-12-29(13-15-30)22-7-4-5-8-25(22)33-3/h4-11,16-18H,12-15H2,1-3H3. The number of carbonyl (C=O) groups excluding carboxylic acids is 1. The van der Waals surface area contributed by atoms with E-state index in [1.807, 2.05) is 51.4 Å². The normalized spacial score (nSPS) is 13.9. The van der Waals surface area contributed by atoms with Crippen molar-refractivity contribution in [1.29, 1.82) is 0 Å². The van der Waals surface area contributed by atoms with Gasteiger partial charge in [-0.05, 0) is 60.7 Å². The van der Waals surface area contributed by atoms with Crippen LogP contribution >= 0.6 is 11.3 Å². The zero-order chi connectivity index (χ0) is 23.7. The second-order valence-corrected chi connectivity index (χ2v) is 9.49. The van der Waals surface area contributed by atoms with Crippen molar-refractivity contribution in [3.05, 3.63) is 82.9 Å². The van der Waals surface area contributed by atoms with Crippen LogP contribution in [-0.4, -0.2) is 53.9 Å². The molecule has 1 amide bonds. The summed E-state index contributed by atoms with van der Waals surface area (Å²) in [5.41, 5.74) is 5.66. The Kier molecular flexibility index (Phi) is 6.11. The van der Waals surface area contributed by atoms with E-state index in [0.29, 0.717) is 18.8 Å². The molecule has 174 valence electrons. The summed E-state index contributed by atoms with van der Waals surface area (Å²) >= 11 is 1.63. The highest BCUT2D eigenvalue weighted by atomic mass is 32.1. The minimum Gasteiger partial charge on any atom is -0.495 e. The molecule has 4 aromatic rings. The lowest BCUT2D eigenvalue weighted by molar-refractivity contribution is 0.0737. The molecule has 1 aliphatic heterocycles. The minimum absolute atomic E-state index is 0.0101. The Bertz CT molecular complexity index is 1300. The number of aromatic nitrogens is 2. The largest absolute Gasteiger partial charge is 0.495 e. The van der Waals surface area contributed by atoms with E-state index in [4.69, 9.17) is 9.84 Å². The molecule has 2 aromatic heterocycles. The van der Waals surface area contributed by atoms with Crippen molar-refractivity contribution in [2.75, 3.05) is 38.2 Å². The molecule has 5 rings (SSSR count). The van der Waals surface area contributed by atoms with Crippen molar-refractivity contribution < 1.29 is 9.53 Å². The van der Waals surface area contributed by atoms with Gasteiger partial charge in [-0.25, -0.2) is 4.68 Å². The Morgan fingerprint density at radius 1 is 0.941 bits per heavy atom. The summed E-state index contributed by atoms with van der Waals surface area (Å²) in [5, 5.41) is 6.91. The van der Waals surface area contributed by atoms with Crippen LogP contribution in [0.15, 0.2) is 66.0 Å². The number of thiophene rings is 1. The quantitative estimate of drug-likeness (QED) is 0.401. The number of amides is 1. The van der Waals surface area contributed by atoms with Gasteiger partial charge in [0.15, 0.2) is 0 Å². The Morgan fingerprint density at radius 3 is 2.47 bits per heavy atom. The number of ether oxygens (including phenoxy) is 1. The number of anilines is 1. The first-order valence-electron chi connectivity index (χ1n) is 11.4. The van der Waals surface area contributed by atoms with Crippen molar-refractivity contribution in [2.24, 2.45) is 0 Å². The maximum absolute atomic E-state index is 13.8. The lowest BCUT2D eigenvalue weighted by atomic mass is 10.1. The molecule has 3 heterocycles. The van der Waals surface area contributed by atoms with E-state index in [0.717, 1.165) is 51.9 Å². The summed E-state index contributed by atoms with van der Waals surface area (Å²) in [6.07, 6.45) is 0. The third-order valence-corrected chi connectivity index (χ3v) is 7.18. The fourth-order valence-corrected chi connectivity index (χ4v) is 5.09. The molecule has 0 N–H and O–H groups in total. The molecule has 0 spiro atoms. The predicted octanol–water partition coefficient (Wildman–Crippen LogP) is 5.19. The number of hydrogen-bond donors (Lipinski definition) is 0. The van der Waals surface area contributed by atoms with Gasteiger partial charge in [-0.15, -0.1) is 11.3 Å². The molecule has 0 unspecified atom stereocenters. The molecule has 0 radical (unpaired) electrons. The summed E-state index contributed by atoms with van der Waals surface area (Å²) in [6, 6.07) is 20.3. The highest BCUT2D eigenvalue weighted by Crippen LogP contribution is 2.30. The first-order valence-corrected chi connectivity index (χ1v) is 12.3. The second-order valence-electron chi connectivity index (χ2n) is 8.54. The number of methoxy groups -OCH3 is 1. The van der Waals surface area contributed by atoms with E-state index in [2.05, 4.69) is 43.0 Å². The number of nitrogens with zero attached hydrogens (tertiary/aromatic N) is 4. The lowest BCUT2D eigenvalue weighted by Gasteiger charge is -2.36. The number of aryl methyl sites for hydroxylation is 2. The third kappa shape index (κ3) is 4.19. The molecular formula is C27H28N4O2S.